The average Bonchev–Trinajstić information content (AvgIpc) is 3.20. The molecule has 3 aromatic rings. The third-order valence-electron chi connectivity index (χ3n) is 3.53. The van der Waals surface area contributed by atoms with Crippen LogP contribution in [0.2, 0.25) is 0 Å². The lowest BCUT2D eigenvalue weighted by atomic mass is 10.2. The Labute approximate surface area is 157 Å². The van der Waals surface area contributed by atoms with Crippen LogP contribution in [-0.2, 0) is 9.53 Å². The van der Waals surface area contributed by atoms with Crippen LogP contribution in [-0.4, -0.2) is 35.6 Å². The normalized spacial score (nSPS) is 11.4. The summed E-state index contributed by atoms with van der Waals surface area (Å²) in [4.78, 5) is 19.6. The molecule has 0 saturated carbocycles. The van der Waals surface area contributed by atoms with Gasteiger partial charge in [-0.25, -0.2) is 4.98 Å². The molecule has 3 rings (SSSR count). The summed E-state index contributed by atoms with van der Waals surface area (Å²) in [5.41, 5.74) is 7.82. The van der Waals surface area contributed by atoms with Crippen molar-refractivity contribution in [3.05, 3.63) is 36.6 Å². The Bertz CT molecular complexity index is 801. The molecule has 0 aliphatic carbocycles. The van der Waals surface area contributed by atoms with Crippen molar-refractivity contribution in [1.82, 2.24) is 9.97 Å². The zero-order valence-corrected chi connectivity index (χ0v) is 15.2. The molecule has 2 heterocycles. The number of carbonyl (C=O) groups is 1. The van der Waals surface area contributed by atoms with Gasteiger partial charge in [0.25, 0.3) is 0 Å². The summed E-state index contributed by atoms with van der Waals surface area (Å²) in [5, 5.41) is 2.83. The Kier molecular flexibility index (Phi) is 7.92. The van der Waals surface area contributed by atoms with Crippen molar-refractivity contribution in [2.24, 2.45) is 5.73 Å². The predicted octanol–water partition coefficient (Wildman–Crippen LogP) is 2.97. The van der Waals surface area contributed by atoms with Crippen LogP contribution >= 0.6 is 24.8 Å². The molecule has 0 fully saturated rings. The lowest BCUT2D eigenvalue weighted by Crippen LogP contribution is -2.28. The molecule has 0 aliphatic heterocycles. The maximum absolute atomic E-state index is 12.0. The van der Waals surface area contributed by atoms with Gasteiger partial charge in [0.2, 0.25) is 5.91 Å². The summed E-state index contributed by atoms with van der Waals surface area (Å²) in [5.74, 6) is 1.17. The number of benzene rings is 1. The van der Waals surface area contributed by atoms with Crippen LogP contribution in [0.5, 0.6) is 0 Å². The number of H-pyrrole nitrogens is 1. The number of ether oxygens (including phenoxy) is 1. The molecule has 136 valence electrons. The lowest BCUT2D eigenvalue weighted by Gasteiger charge is -2.12. The number of halogens is 2. The number of fused-ring (bicyclic) bond motifs is 1. The molecule has 25 heavy (non-hydrogen) atoms. The van der Waals surface area contributed by atoms with Gasteiger partial charge in [0, 0.05) is 19.3 Å². The van der Waals surface area contributed by atoms with E-state index in [1.807, 2.05) is 18.2 Å². The van der Waals surface area contributed by atoms with Crippen LogP contribution in [0.4, 0.5) is 5.69 Å². The third kappa shape index (κ3) is 4.96. The van der Waals surface area contributed by atoms with Gasteiger partial charge in [0.15, 0.2) is 11.6 Å². The number of nitrogens with one attached hydrogen (secondary N) is 2. The first-order valence-electron chi connectivity index (χ1n) is 7.26. The van der Waals surface area contributed by atoms with Gasteiger partial charge in [-0.15, -0.1) is 24.8 Å². The number of aromatic amines is 1. The number of hydrogen-bond donors (Lipinski definition) is 3. The first kappa shape index (κ1) is 21.0. The number of aromatic nitrogens is 2. The summed E-state index contributed by atoms with van der Waals surface area (Å²) in [7, 11) is 1.54. The number of amides is 1. The first-order chi connectivity index (χ1) is 11.2. The Morgan fingerprint density at radius 3 is 2.84 bits per heavy atom. The molecule has 9 heteroatoms. The van der Waals surface area contributed by atoms with E-state index in [1.165, 1.54) is 7.11 Å². The number of furan rings is 1. The van der Waals surface area contributed by atoms with Gasteiger partial charge in [0.1, 0.15) is 0 Å². The van der Waals surface area contributed by atoms with E-state index in [4.69, 9.17) is 14.9 Å². The van der Waals surface area contributed by atoms with Gasteiger partial charge < -0.3 is 25.2 Å². The molecular formula is C16H20Cl2N4O3. The fourth-order valence-corrected chi connectivity index (χ4v) is 2.30. The quantitative estimate of drug-likeness (QED) is 0.603. The number of imidazole rings is 1. The fraction of sp³-hybridized carbons (Fsp3) is 0.250. The van der Waals surface area contributed by atoms with Crippen molar-refractivity contribution in [2.45, 2.75) is 12.5 Å². The first-order valence-corrected chi connectivity index (χ1v) is 7.26. The maximum Gasteiger partial charge on any atom is 0.227 e. The largest absolute Gasteiger partial charge is 0.461 e. The van der Waals surface area contributed by atoms with Crippen LogP contribution in [0.25, 0.3) is 22.6 Å². The molecule has 0 spiro atoms. The second-order valence-corrected chi connectivity index (χ2v) is 5.14. The molecule has 7 nitrogen and oxygen atoms in total. The van der Waals surface area contributed by atoms with E-state index < -0.39 is 0 Å². The summed E-state index contributed by atoms with van der Waals surface area (Å²) >= 11 is 0. The molecular weight excluding hydrogens is 367 g/mol. The van der Waals surface area contributed by atoms with Gasteiger partial charge in [-0.3, -0.25) is 4.79 Å². The third-order valence-corrected chi connectivity index (χ3v) is 3.53. The number of nitrogens with zero attached hydrogens (tertiary/aromatic N) is 1. The number of hydrogen-bond acceptors (Lipinski definition) is 5. The van der Waals surface area contributed by atoms with E-state index in [9.17, 15) is 4.79 Å². The number of anilines is 1. The minimum Gasteiger partial charge on any atom is -0.461 e. The molecule has 0 radical (unpaired) electrons. The molecule has 0 aliphatic rings. The van der Waals surface area contributed by atoms with Gasteiger partial charge >= 0.3 is 0 Å². The maximum atomic E-state index is 12.0. The highest BCUT2D eigenvalue weighted by atomic mass is 35.5. The van der Waals surface area contributed by atoms with Crippen LogP contribution in [0.15, 0.2) is 41.0 Å². The second-order valence-electron chi connectivity index (χ2n) is 5.14. The molecule has 0 bridgehead atoms. The number of nitrogens with two attached hydrogens (primary N) is 1. The van der Waals surface area contributed by atoms with E-state index in [1.54, 1.807) is 18.4 Å². The van der Waals surface area contributed by atoms with Crippen molar-refractivity contribution in [3.8, 4) is 11.6 Å². The number of methoxy groups -OCH3 is 1. The van der Waals surface area contributed by atoms with Gasteiger partial charge in [-0.2, -0.15) is 0 Å². The number of rotatable bonds is 6. The monoisotopic (exact) mass is 386 g/mol. The Morgan fingerprint density at radius 2 is 2.20 bits per heavy atom. The summed E-state index contributed by atoms with van der Waals surface area (Å²) in [6.45, 7) is 0.302. The predicted molar refractivity (Wildman–Crippen MR) is 101 cm³/mol. The summed E-state index contributed by atoms with van der Waals surface area (Å²) < 4.78 is 10.4. The van der Waals surface area contributed by atoms with Crippen molar-refractivity contribution < 1.29 is 13.9 Å². The SMILES string of the molecule is COC(CN)CC(=O)Nc1ccc2nc(-c3ccco3)[nH]c2c1.Cl.Cl. The molecule has 1 amide bonds. The summed E-state index contributed by atoms with van der Waals surface area (Å²) in [6, 6.07) is 9.11. The zero-order chi connectivity index (χ0) is 16.2. The van der Waals surface area contributed by atoms with Crippen LogP contribution < -0.4 is 11.1 Å². The Balaban J connectivity index is 0.00000156. The van der Waals surface area contributed by atoms with Gasteiger partial charge in [0.05, 0.1) is 29.8 Å². The second kappa shape index (κ2) is 9.43. The average molecular weight is 387 g/mol. The van der Waals surface area contributed by atoms with E-state index in [0.717, 1.165) is 11.0 Å². The van der Waals surface area contributed by atoms with E-state index in [0.29, 0.717) is 23.8 Å². The lowest BCUT2D eigenvalue weighted by molar-refractivity contribution is -0.118. The van der Waals surface area contributed by atoms with E-state index >= 15 is 0 Å². The Hall–Kier alpha value is -2.06. The number of carbonyl (C=O) groups excluding carboxylic acids is 1. The molecule has 0 saturated heterocycles. The highest BCUT2D eigenvalue weighted by Gasteiger charge is 2.13. The van der Waals surface area contributed by atoms with Crippen molar-refractivity contribution in [3.63, 3.8) is 0 Å². The van der Waals surface area contributed by atoms with Crippen LogP contribution in [0.3, 0.4) is 0 Å². The minimum atomic E-state index is -0.281. The van der Waals surface area contributed by atoms with Crippen molar-refractivity contribution in [2.75, 3.05) is 19.0 Å². The van der Waals surface area contributed by atoms with Gasteiger partial charge in [-0.05, 0) is 30.3 Å². The molecule has 2 aromatic heterocycles. The summed E-state index contributed by atoms with van der Waals surface area (Å²) in [6.07, 6.45) is 1.53. The van der Waals surface area contributed by atoms with Crippen molar-refractivity contribution >= 4 is 47.4 Å². The van der Waals surface area contributed by atoms with Gasteiger partial charge in [-0.1, -0.05) is 0 Å². The Morgan fingerprint density at radius 1 is 1.40 bits per heavy atom. The molecule has 1 unspecified atom stereocenters. The molecule has 4 N–H and O–H groups in total. The highest BCUT2D eigenvalue weighted by molar-refractivity contribution is 5.93. The highest BCUT2D eigenvalue weighted by Crippen LogP contribution is 2.23. The van der Waals surface area contributed by atoms with E-state index in [-0.39, 0.29) is 43.2 Å². The van der Waals surface area contributed by atoms with Crippen molar-refractivity contribution in [1.29, 1.82) is 0 Å². The molecule has 1 aromatic carbocycles. The van der Waals surface area contributed by atoms with Crippen LogP contribution in [0, 0.1) is 0 Å². The van der Waals surface area contributed by atoms with E-state index in [2.05, 4.69) is 15.3 Å². The molecule has 1 atom stereocenters. The standard InChI is InChI=1S/C16H18N4O3.2ClH/c1-22-11(9-17)8-15(21)18-10-4-5-12-13(7-10)20-16(19-12)14-3-2-6-23-14;;/h2-7,11H,8-9,17H2,1H3,(H,18,21)(H,19,20);2*1H. The van der Waals surface area contributed by atoms with Crippen LogP contribution in [0.1, 0.15) is 6.42 Å². The topological polar surface area (TPSA) is 106 Å². The minimum absolute atomic E-state index is 0. The smallest absolute Gasteiger partial charge is 0.227 e. The fourth-order valence-electron chi connectivity index (χ4n) is 2.30. The zero-order valence-electron chi connectivity index (χ0n) is 13.5.